The zero-order chi connectivity index (χ0) is 14.7. The van der Waals surface area contributed by atoms with Crippen LogP contribution in [0.25, 0.3) is 0 Å². The van der Waals surface area contributed by atoms with Crippen molar-refractivity contribution in [3.8, 4) is 0 Å². The number of nitrogens with zero attached hydrogens (tertiary/aromatic N) is 1. The number of aromatic nitrogens is 1. The fourth-order valence-corrected chi connectivity index (χ4v) is 1.56. The molecule has 1 aromatic carbocycles. The minimum Gasteiger partial charge on any atom is -0.397 e. The minimum atomic E-state index is -0.724. The summed E-state index contributed by atoms with van der Waals surface area (Å²) in [6.45, 7) is 0. The second-order valence-electron chi connectivity index (χ2n) is 3.95. The standard InChI is InChI=1S/C13H11FN4O2/c14-8-4-3-7(12(16)19)6-10(8)18-13(20)11-9(15)2-1-5-17-11/h1-6H,15H2,(H2,16,19)(H,18,20). The average molecular weight is 274 g/mol. The molecule has 1 heterocycles. The number of pyridine rings is 1. The molecule has 1 aromatic heterocycles. The van der Waals surface area contributed by atoms with Crippen LogP contribution in [0, 0.1) is 5.82 Å². The van der Waals surface area contributed by atoms with Crippen LogP contribution in [0.5, 0.6) is 0 Å². The molecule has 0 saturated carbocycles. The number of primary amides is 1. The third-order valence-corrected chi connectivity index (χ3v) is 2.55. The Morgan fingerprint density at radius 1 is 1.25 bits per heavy atom. The Morgan fingerprint density at radius 2 is 2.00 bits per heavy atom. The highest BCUT2D eigenvalue weighted by Crippen LogP contribution is 2.18. The largest absolute Gasteiger partial charge is 0.397 e. The van der Waals surface area contributed by atoms with Gasteiger partial charge in [-0.25, -0.2) is 9.37 Å². The summed E-state index contributed by atoms with van der Waals surface area (Å²) in [6.07, 6.45) is 1.39. The molecule has 7 heteroatoms. The van der Waals surface area contributed by atoms with Crippen molar-refractivity contribution in [3.63, 3.8) is 0 Å². The smallest absolute Gasteiger partial charge is 0.276 e. The van der Waals surface area contributed by atoms with Gasteiger partial charge in [-0.3, -0.25) is 9.59 Å². The summed E-state index contributed by atoms with van der Waals surface area (Å²) in [6, 6.07) is 6.48. The number of carbonyl (C=O) groups excluding carboxylic acids is 2. The SMILES string of the molecule is NC(=O)c1ccc(F)c(NC(=O)c2ncccc2N)c1. The van der Waals surface area contributed by atoms with Crippen molar-refractivity contribution >= 4 is 23.2 Å². The lowest BCUT2D eigenvalue weighted by molar-refractivity contribution is 0.0995. The van der Waals surface area contributed by atoms with Gasteiger partial charge in [0.05, 0.1) is 11.4 Å². The van der Waals surface area contributed by atoms with E-state index in [-0.39, 0.29) is 22.6 Å². The van der Waals surface area contributed by atoms with E-state index >= 15 is 0 Å². The van der Waals surface area contributed by atoms with Crippen LogP contribution in [0.2, 0.25) is 0 Å². The topological polar surface area (TPSA) is 111 Å². The van der Waals surface area contributed by atoms with Crippen LogP contribution in [0.4, 0.5) is 15.8 Å². The van der Waals surface area contributed by atoms with E-state index in [0.29, 0.717) is 0 Å². The van der Waals surface area contributed by atoms with E-state index in [1.54, 1.807) is 6.07 Å². The molecule has 0 spiro atoms. The van der Waals surface area contributed by atoms with Gasteiger partial charge in [-0.1, -0.05) is 0 Å². The Hall–Kier alpha value is -2.96. The maximum Gasteiger partial charge on any atom is 0.276 e. The second kappa shape index (κ2) is 5.35. The second-order valence-corrected chi connectivity index (χ2v) is 3.95. The van der Waals surface area contributed by atoms with E-state index in [4.69, 9.17) is 11.5 Å². The van der Waals surface area contributed by atoms with Crippen molar-refractivity contribution < 1.29 is 14.0 Å². The number of nitrogens with two attached hydrogens (primary N) is 2. The zero-order valence-electron chi connectivity index (χ0n) is 10.3. The van der Waals surface area contributed by atoms with E-state index in [9.17, 15) is 14.0 Å². The van der Waals surface area contributed by atoms with Crippen molar-refractivity contribution in [1.82, 2.24) is 4.98 Å². The Bertz CT molecular complexity index is 688. The molecule has 0 atom stereocenters. The van der Waals surface area contributed by atoms with Crippen LogP contribution in [-0.4, -0.2) is 16.8 Å². The van der Waals surface area contributed by atoms with Crippen molar-refractivity contribution in [1.29, 1.82) is 0 Å². The number of halogens is 1. The lowest BCUT2D eigenvalue weighted by atomic mass is 10.1. The third-order valence-electron chi connectivity index (χ3n) is 2.55. The summed E-state index contributed by atoms with van der Waals surface area (Å²) in [5, 5.41) is 2.30. The maximum absolute atomic E-state index is 13.6. The number of rotatable bonds is 3. The van der Waals surface area contributed by atoms with Crippen molar-refractivity contribution in [2.24, 2.45) is 5.73 Å². The van der Waals surface area contributed by atoms with E-state index < -0.39 is 17.6 Å². The summed E-state index contributed by atoms with van der Waals surface area (Å²) in [5.41, 5.74) is 10.7. The summed E-state index contributed by atoms with van der Waals surface area (Å²) >= 11 is 0. The number of anilines is 2. The van der Waals surface area contributed by atoms with Gasteiger partial charge >= 0.3 is 0 Å². The molecule has 0 fully saturated rings. The quantitative estimate of drug-likeness (QED) is 0.779. The number of amides is 2. The van der Waals surface area contributed by atoms with Crippen molar-refractivity contribution in [2.45, 2.75) is 0 Å². The first-order valence-corrected chi connectivity index (χ1v) is 5.60. The predicted molar refractivity (Wildman–Crippen MR) is 71.5 cm³/mol. The first-order chi connectivity index (χ1) is 9.49. The van der Waals surface area contributed by atoms with Gasteiger partial charge in [-0.15, -0.1) is 0 Å². The normalized spacial score (nSPS) is 10.1. The molecule has 0 aliphatic rings. The Labute approximate surface area is 113 Å². The number of nitrogen functional groups attached to an aromatic ring is 1. The number of hydrogen-bond acceptors (Lipinski definition) is 4. The monoisotopic (exact) mass is 274 g/mol. The van der Waals surface area contributed by atoms with E-state index in [1.807, 2.05) is 0 Å². The molecule has 0 radical (unpaired) electrons. The first kappa shape index (κ1) is 13.5. The molecule has 5 N–H and O–H groups in total. The zero-order valence-corrected chi connectivity index (χ0v) is 10.3. The van der Waals surface area contributed by atoms with Gasteiger partial charge in [0.15, 0.2) is 5.69 Å². The van der Waals surface area contributed by atoms with Crippen LogP contribution < -0.4 is 16.8 Å². The molecule has 20 heavy (non-hydrogen) atoms. The highest BCUT2D eigenvalue weighted by atomic mass is 19.1. The van der Waals surface area contributed by atoms with Crippen LogP contribution in [0.15, 0.2) is 36.5 Å². The highest BCUT2D eigenvalue weighted by molar-refractivity contribution is 6.06. The molecular weight excluding hydrogens is 263 g/mol. The summed E-state index contributed by atoms with van der Waals surface area (Å²) in [7, 11) is 0. The van der Waals surface area contributed by atoms with Crippen LogP contribution in [-0.2, 0) is 0 Å². The van der Waals surface area contributed by atoms with Gasteiger partial charge in [0.1, 0.15) is 5.82 Å². The summed E-state index contributed by atoms with van der Waals surface area (Å²) in [4.78, 5) is 26.8. The van der Waals surface area contributed by atoms with Crippen LogP contribution in [0.3, 0.4) is 0 Å². The van der Waals surface area contributed by atoms with Gasteiger partial charge in [0.2, 0.25) is 5.91 Å². The number of nitrogens with one attached hydrogen (secondary N) is 1. The molecular formula is C13H11FN4O2. The van der Waals surface area contributed by atoms with Crippen molar-refractivity contribution in [2.75, 3.05) is 11.1 Å². The van der Waals surface area contributed by atoms with E-state index in [1.165, 1.54) is 18.3 Å². The maximum atomic E-state index is 13.6. The minimum absolute atomic E-state index is 0.0311. The number of carbonyl (C=O) groups is 2. The molecule has 6 nitrogen and oxygen atoms in total. The Kier molecular flexibility index (Phi) is 3.60. The fraction of sp³-hybridized carbons (Fsp3) is 0. The van der Waals surface area contributed by atoms with Gasteiger partial charge in [-0.2, -0.15) is 0 Å². The van der Waals surface area contributed by atoms with Gasteiger partial charge in [0, 0.05) is 11.8 Å². The van der Waals surface area contributed by atoms with Crippen molar-refractivity contribution in [3.05, 3.63) is 53.6 Å². The predicted octanol–water partition coefficient (Wildman–Crippen LogP) is 1.15. The molecule has 0 aliphatic carbocycles. The first-order valence-electron chi connectivity index (χ1n) is 5.60. The highest BCUT2D eigenvalue weighted by Gasteiger charge is 2.14. The average Bonchev–Trinajstić information content (AvgIpc) is 2.41. The van der Waals surface area contributed by atoms with Gasteiger partial charge in [-0.05, 0) is 30.3 Å². The van der Waals surface area contributed by atoms with Gasteiger partial charge < -0.3 is 16.8 Å². The molecule has 2 amide bonds. The fourth-order valence-electron chi connectivity index (χ4n) is 1.56. The molecule has 102 valence electrons. The molecule has 0 unspecified atom stereocenters. The number of benzene rings is 1. The lowest BCUT2D eigenvalue weighted by Crippen LogP contribution is -2.18. The molecule has 0 saturated heterocycles. The van der Waals surface area contributed by atoms with Gasteiger partial charge in [0.25, 0.3) is 5.91 Å². The molecule has 2 aromatic rings. The Morgan fingerprint density at radius 3 is 2.65 bits per heavy atom. The summed E-state index contributed by atoms with van der Waals surface area (Å²) in [5.74, 6) is -2.10. The van der Waals surface area contributed by atoms with Crippen LogP contribution >= 0.6 is 0 Å². The number of hydrogen-bond donors (Lipinski definition) is 3. The molecule has 0 bridgehead atoms. The summed E-state index contributed by atoms with van der Waals surface area (Å²) < 4.78 is 13.6. The van der Waals surface area contributed by atoms with E-state index in [2.05, 4.69) is 10.3 Å². The third kappa shape index (κ3) is 2.72. The van der Waals surface area contributed by atoms with E-state index in [0.717, 1.165) is 12.1 Å². The molecule has 0 aliphatic heterocycles. The molecule has 2 rings (SSSR count). The lowest BCUT2D eigenvalue weighted by Gasteiger charge is -2.08. The Balaban J connectivity index is 2.30. The van der Waals surface area contributed by atoms with Crippen LogP contribution in [0.1, 0.15) is 20.8 Å².